The molecule has 0 aliphatic heterocycles. The van der Waals surface area contributed by atoms with E-state index < -0.39 is 0 Å². The number of amides is 1. The molecule has 0 saturated heterocycles. The average Bonchev–Trinajstić information content (AvgIpc) is 3.03. The molecular weight excluding hydrogens is 368 g/mol. The number of ether oxygens (including phenoxy) is 1. The van der Waals surface area contributed by atoms with Crippen LogP contribution in [0.25, 0.3) is 0 Å². The third kappa shape index (κ3) is 7.31. The first-order valence-electron chi connectivity index (χ1n) is 8.63. The molecule has 0 unspecified atom stereocenters. The van der Waals surface area contributed by atoms with E-state index in [4.69, 9.17) is 4.74 Å². The van der Waals surface area contributed by atoms with Crippen molar-refractivity contribution in [1.82, 2.24) is 15.5 Å². The van der Waals surface area contributed by atoms with Crippen LogP contribution in [0.3, 0.4) is 0 Å². The topological polar surface area (TPSA) is 76.1 Å². The van der Waals surface area contributed by atoms with Crippen molar-refractivity contribution in [2.75, 3.05) is 24.2 Å². The Hall–Kier alpha value is -1.64. The highest BCUT2D eigenvalue weighted by molar-refractivity contribution is 8.01. The molecule has 0 fully saturated rings. The van der Waals surface area contributed by atoms with Gasteiger partial charge in [0.05, 0.1) is 11.9 Å². The maximum Gasteiger partial charge on any atom is 0.230 e. The standard InChI is InChI=1S/C18H26N4O2S2/c1-12(2)24-9-5-8-19-16(23)11-25-18-22-21-17(26-18)20-15-7-6-13(3)14(4)10-15/h6-7,10,12H,5,8-9,11H2,1-4H3,(H,19,23)(H,20,21). The van der Waals surface area contributed by atoms with Gasteiger partial charge in [-0.25, -0.2) is 0 Å². The second kappa shape index (κ2) is 10.5. The fourth-order valence-corrected chi connectivity index (χ4v) is 3.66. The minimum atomic E-state index is -0.00147. The maximum atomic E-state index is 11.8. The number of aryl methyl sites for hydroxylation is 2. The van der Waals surface area contributed by atoms with Gasteiger partial charge in [-0.3, -0.25) is 4.79 Å². The Labute approximate surface area is 163 Å². The molecule has 6 nitrogen and oxygen atoms in total. The molecule has 142 valence electrons. The molecule has 0 aliphatic rings. The van der Waals surface area contributed by atoms with E-state index in [-0.39, 0.29) is 12.0 Å². The summed E-state index contributed by atoms with van der Waals surface area (Å²) < 4.78 is 6.21. The van der Waals surface area contributed by atoms with Gasteiger partial charge in [-0.15, -0.1) is 10.2 Å². The molecule has 1 aromatic heterocycles. The Bertz CT molecular complexity index is 719. The molecule has 1 heterocycles. The highest BCUT2D eigenvalue weighted by atomic mass is 32.2. The molecule has 1 amide bonds. The van der Waals surface area contributed by atoms with E-state index in [1.165, 1.54) is 34.2 Å². The molecule has 2 N–H and O–H groups in total. The third-order valence-corrected chi connectivity index (χ3v) is 5.56. The fraction of sp³-hybridized carbons (Fsp3) is 0.500. The van der Waals surface area contributed by atoms with Gasteiger partial charge in [0.15, 0.2) is 4.34 Å². The zero-order valence-corrected chi connectivity index (χ0v) is 17.3. The minimum Gasteiger partial charge on any atom is -0.379 e. The number of nitrogens with one attached hydrogen (secondary N) is 2. The van der Waals surface area contributed by atoms with Crippen molar-refractivity contribution in [2.45, 2.75) is 44.6 Å². The summed E-state index contributed by atoms with van der Waals surface area (Å²) in [5.41, 5.74) is 3.47. The van der Waals surface area contributed by atoms with Crippen LogP contribution in [-0.2, 0) is 9.53 Å². The Morgan fingerprint density at radius 1 is 1.27 bits per heavy atom. The Kier molecular flexibility index (Phi) is 8.34. The summed E-state index contributed by atoms with van der Waals surface area (Å²) in [5, 5.41) is 15.1. The van der Waals surface area contributed by atoms with Crippen molar-refractivity contribution in [2.24, 2.45) is 0 Å². The van der Waals surface area contributed by atoms with Crippen LogP contribution in [0.2, 0.25) is 0 Å². The lowest BCUT2D eigenvalue weighted by Gasteiger charge is -2.07. The molecule has 0 atom stereocenters. The van der Waals surface area contributed by atoms with Gasteiger partial charge in [-0.1, -0.05) is 29.2 Å². The molecule has 2 aromatic rings. The SMILES string of the molecule is Cc1ccc(Nc2nnc(SCC(=O)NCCCOC(C)C)s2)cc1C. The van der Waals surface area contributed by atoms with Gasteiger partial charge in [-0.05, 0) is 57.4 Å². The van der Waals surface area contributed by atoms with Crippen LogP contribution in [0.5, 0.6) is 0 Å². The predicted molar refractivity (Wildman–Crippen MR) is 109 cm³/mol. The van der Waals surface area contributed by atoms with Crippen molar-refractivity contribution in [3.05, 3.63) is 29.3 Å². The molecule has 0 radical (unpaired) electrons. The number of carbonyl (C=O) groups is 1. The zero-order chi connectivity index (χ0) is 18.9. The third-order valence-electron chi connectivity index (χ3n) is 3.59. The van der Waals surface area contributed by atoms with Gasteiger partial charge in [0.25, 0.3) is 0 Å². The smallest absolute Gasteiger partial charge is 0.230 e. The van der Waals surface area contributed by atoms with Crippen molar-refractivity contribution in [3.8, 4) is 0 Å². The van der Waals surface area contributed by atoms with Crippen molar-refractivity contribution in [1.29, 1.82) is 0 Å². The molecular formula is C18H26N4O2S2. The van der Waals surface area contributed by atoms with E-state index >= 15 is 0 Å². The number of hydrogen-bond donors (Lipinski definition) is 2. The van der Waals surface area contributed by atoms with Crippen LogP contribution < -0.4 is 10.6 Å². The second-order valence-electron chi connectivity index (χ2n) is 6.21. The molecule has 26 heavy (non-hydrogen) atoms. The number of anilines is 2. The van der Waals surface area contributed by atoms with Gasteiger partial charge in [0.2, 0.25) is 11.0 Å². The summed E-state index contributed by atoms with van der Waals surface area (Å²) in [7, 11) is 0. The predicted octanol–water partition coefficient (Wildman–Crippen LogP) is 3.92. The number of hydrogen-bond acceptors (Lipinski definition) is 7. The Balaban J connectivity index is 1.70. The molecule has 0 aliphatic carbocycles. The summed E-state index contributed by atoms with van der Waals surface area (Å²) in [6, 6.07) is 6.18. The lowest BCUT2D eigenvalue weighted by atomic mass is 10.1. The Morgan fingerprint density at radius 2 is 2.08 bits per heavy atom. The largest absolute Gasteiger partial charge is 0.379 e. The number of thioether (sulfide) groups is 1. The maximum absolute atomic E-state index is 11.8. The molecule has 0 saturated carbocycles. The first-order chi connectivity index (χ1) is 12.4. The monoisotopic (exact) mass is 394 g/mol. The number of aromatic nitrogens is 2. The quantitative estimate of drug-likeness (QED) is 0.470. The number of carbonyl (C=O) groups excluding carboxylic acids is 1. The van der Waals surface area contributed by atoms with Crippen LogP contribution in [0.1, 0.15) is 31.4 Å². The summed E-state index contributed by atoms with van der Waals surface area (Å²) in [6.07, 6.45) is 1.04. The van der Waals surface area contributed by atoms with Crippen LogP contribution in [-0.4, -0.2) is 41.1 Å². The molecule has 8 heteroatoms. The minimum absolute atomic E-state index is 0.00147. The van der Waals surface area contributed by atoms with Gasteiger partial charge in [0, 0.05) is 18.8 Å². The van der Waals surface area contributed by atoms with E-state index in [0.717, 1.165) is 21.6 Å². The average molecular weight is 395 g/mol. The fourth-order valence-electron chi connectivity index (χ4n) is 2.06. The van der Waals surface area contributed by atoms with Crippen molar-refractivity contribution >= 4 is 39.8 Å². The van der Waals surface area contributed by atoms with E-state index in [0.29, 0.717) is 18.9 Å². The van der Waals surface area contributed by atoms with E-state index in [1.807, 2.05) is 19.9 Å². The van der Waals surface area contributed by atoms with E-state index in [2.05, 4.69) is 46.8 Å². The Morgan fingerprint density at radius 3 is 2.81 bits per heavy atom. The lowest BCUT2D eigenvalue weighted by molar-refractivity contribution is -0.118. The molecule has 0 bridgehead atoms. The van der Waals surface area contributed by atoms with Crippen molar-refractivity contribution in [3.63, 3.8) is 0 Å². The first-order valence-corrected chi connectivity index (χ1v) is 10.4. The zero-order valence-electron chi connectivity index (χ0n) is 15.7. The summed E-state index contributed by atoms with van der Waals surface area (Å²) in [6.45, 7) is 9.45. The van der Waals surface area contributed by atoms with Gasteiger partial charge >= 0.3 is 0 Å². The van der Waals surface area contributed by atoms with Gasteiger partial charge < -0.3 is 15.4 Å². The first kappa shape index (κ1) is 20.7. The van der Waals surface area contributed by atoms with Crippen LogP contribution in [0, 0.1) is 13.8 Å². The molecule has 2 rings (SSSR count). The molecule has 0 spiro atoms. The second-order valence-corrected chi connectivity index (χ2v) is 8.41. The number of benzene rings is 1. The summed E-state index contributed by atoms with van der Waals surface area (Å²) in [4.78, 5) is 11.8. The summed E-state index contributed by atoms with van der Waals surface area (Å²) >= 11 is 2.84. The lowest BCUT2D eigenvalue weighted by Crippen LogP contribution is -2.27. The van der Waals surface area contributed by atoms with Crippen LogP contribution in [0.15, 0.2) is 22.5 Å². The van der Waals surface area contributed by atoms with Crippen LogP contribution >= 0.6 is 23.1 Å². The molecule has 1 aromatic carbocycles. The summed E-state index contributed by atoms with van der Waals surface area (Å²) in [5.74, 6) is 0.335. The van der Waals surface area contributed by atoms with Gasteiger partial charge in [0.1, 0.15) is 0 Å². The van der Waals surface area contributed by atoms with Gasteiger partial charge in [-0.2, -0.15) is 0 Å². The van der Waals surface area contributed by atoms with E-state index in [9.17, 15) is 4.79 Å². The van der Waals surface area contributed by atoms with E-state index in [1.54, 1.807) is 0 Å². The number of rotatable bonds is 10. The highest BCUT2D eigenvalue weighted by Gasteiger charge is 2.08. The van der Waals surface area contributed by atoms with Crippen molar-refractivity contribution < 1.29 is 9.53 Å². The normalized spacial score (nSPS) is 11.0. The highest BCUT2D eigenvalue weighted by Crippen LogP contribution is 2.28. The van der Waals surface area contributed by atoms with Crippen LogP contribution in [0.4, 0.5) is 10.8 Å². The number of nitrogens with zero attached hydrogens (tertiary/aromatic N) is 2.